The monoisotopic (exact) mass is 401 g/mol. The van der Waals surface area contributed by atoms with Crippen LogP contribution in [-0.2, 0) is 4.79 Å². The summed E-state index contributed by atoms with van der Waals surface area (Å²) in [6.07, 6.45) is 6.97. The molecule has 0 bridgehead atoms. The second kappa shape index (κ2) is 8.29. The number of rotatable bonds is 4. The summed E-state index contributed by atoms with van der Waals surface area (Å²) in [5.74, 6) is 6.13. The van der Waals surface area contributed by atoms with Gasteiger partial charge in [-0.3, -0.25) is 4.79 Å². The molecule has 2 fully saturated rings. The minimum atomic E-state index is -0.974. The van der Waals surface area contributed by atoms with Gasteiger partial charge in [-0.2, -0.15) is 0 Å². The van der Waals surface area contributed by atoms with Crippen LogP contribution in [0, 0.1) is 29.1 Å². The van der Waals surface area contributed by atoms with E-state index in [2.05, 4.69) is 18.8 Å². The van der Waals surface area contributed by atoms with Crippen molar-refractivity contribution in [1.29, 1.82) is 0 Å². The van der Waals surface area contributed by atoms with Crippen molar-refractivity contribution >= 4 is 28.9 Å². The second-order valence-electron chi connectivity index (χ2n) is 9.38. The Balaban J connectivity index is 1.95. The Hall–Kier alpha value is -1.80. The third-order valence-electron chi connectivity index (χ3n) is 5.77. The first-order chi connectivity index (χ1) is 13.2. The molecule has 4 nitrogen and oxygen atoms in total. The predicted octanol–water partition coefficient (Wildman–Crippen LogP) is 5.56. The van der Waals surface area contributed by atoms with Gasteiger partial charge >= 0.3 is 5.97 Å². The molecule has 28 heavy (non-hydrogen) atoms. The Kier molecular flexibility index (Phi) is 6.19. The topological polar surface area (TPSA) is 57.6 Å². The van der Waals surface area contributed by atoms with Gasteiger partial charge in [-0.25, -0.2) is 4.79 Å². The summed E-state index contributed by atoms with van der Waals surface area (Å²) < 4.78 is 0. The summed E-state index contributed by atoms with van der Waals surface area (Å²) in [6, 6.07) is 1.96. The fraction of sp³-hybridized carbons (Fsp3) is 0.652. The van der Waals surface area contributed by atoms with Crippen molar-refractivity contribution < 1.29 is 14.7 Å². The van der Waals surface area contributed by atoms with Crippen LogP contribution in [0.1, 0.15) is 87.2 Å². The van der Waals surface area contributed by atoms with Crippen LogP contribution in [0.4, 0.5) is 5.69 Å². The van der Waals surface area contributed by atoms with Gasteiger partial charge in [0, 0.05) is 17.4 Å². The van der Waals surface area contributed by atoms with Crippen LogP contribution in [0.5, 0.6) is 0 Å². The Morgan fingerprint density at radius 2 is 1.79 bits per heavy atom. The lowest BCUT2D eigenvalue weighted by molar-refractivity contribution is -0.124. The zero-order valence-electron chi connectivity index (χ0n) is 17.4. The van der Waals surface area contributed by atoms with Crippen LogP contribution in [0.2, 0.25) is 0 Å². The molecule has 1 amide bonds. The van der Waals surface area contributed by atoms with E-state index < -0.39 is 5.97 Å². The average molecular weight is 402 g/mol. The number of carboxylic acid groups (broad SMARTS) is 1. The molecule has 5 heteroatoms. The highest BCUT2D eigenvalue weighted by molar-refractivity contribution is 7.15. The molecule has 0 radical (unpaired) electrons. The molecule has 2 aliphatic carbocycles. The standard InChI is InChI=1S/C23H31NO3S/c1-15-8-10-16(11-9-15)21(25)24(17-6-5-7-17)19-14-18(12-13-23(2,3)4)28-20(19)22(26)27/h14-17H,5-11H2,1-4H3,(H,26,27)/t15-,16-. The molecule has 0 atom stereocenters. The molecule has 0 saturated heterocycles. The summed E-state index contributed by atoms with van der Waals surface area (Å²) in [5, 5.41) is 9.78. The Labute approximate surface area is 172 Å². The van der Waals surface area contributed by atoms with Gasteiger partial charge in [-0.1, -0.05) is 18.8 Å². The molecule has 1 aromatic rings. The molecule has 2 aliphatic rings. The van der Waals surface area contributed by atoms with Gasteiger partial charge < -0.3 is 10.0 Å². The van der Waals surface area contributed by atoms with Crippen LogP contribution >= 0.6 is 11.3 Å². The Morgan fingerprint density at radius 1 is 1.14 bits per heavy atom. The van der Waals surface area contributed by atoms with Crippen molar-refractivity contribution in [2.24, 2.45) is 17.3 Å². The molecule has 0 spiro atoms. The lowest BCUT2D eigenvalue weighted by Gasteiger charge is -2.40. The number of aromatic carboxylic acids is 1. The molecule has 152 valence electrons. The first-order valence-corrected chi connectivity index (χ1v) is 11.2. The highest BCUT2D eigenvalue weighted by Gasteiger charge is 2.37. The highest BCUT2D eigenvalue weighted by Crippen LogP contribution is 2.39. The van der Waals surface area contributed by atoms with E-state index in [1.54, 1.807) is 0 Å². The van der Waals surface area contributed by atoms with Crippen molar-refractivity contribution in [3.05, 3.63) is 15.8 Å². The van der Waals surface area contributed by atoms with Crippen LogP contribution < -0.4 is 4.90 Å². The molecule has 0 aromatic carbocycles. The number of amides is 1. The van der Waals surface area contributed by atoms with Gasteiger partial charge in [-0.15, -0.1) is 11.3 Å². The van der Waals surface area contributed by atoms with E-state index in [9.17, 15) is 14.7 Å². The lowest BCUT2D eigenvalue weighted by Crippen LogP contribution is -2.48. The second-order valence-corrected chi connectivity index (χ2v) is 10.4. The molecule has 1 heterocycles. The lowest BCUT2D eigenvalue weighted by atomic mass is 9.81. The van der Waals surface area contributed by atoms with Gasteiger partial charge in [0.05, 0.1) is 10.6 Å². The summed E-state index contributed by atoms with van der Waals surface area (Å²) in [5.41, 5.74) is 0.402. The minimum absolute atomic E-state index is 0.0162. The van der Waals surface area contributed by atoms with Crippen LogP contribution in [0.15, 0.2) is 6.07 Å². The normalized spacial score (nSPS) is 22.7. The predicted molar refractivity (Wildman–Crippen MR) is 114 cm³/mol. The fourth-order valence-electron chi connectivity index (χ4n) is 3.87. The van der Waals surface area contributed by atoms with Crippen molar-refractivity contribution in [2.45, 2.75) is 78.7 Å². The first-order valence-electron chi connectivity index (χ1n) is 10.4. The number of anilines is 1. The van der Waals surface area contributed by atoms with Gasteiger partial charge in [-0.05, 0) is 77.7 Å². The third kappa shape index (κ3) is 4.78. The summed E-state index contributed by atoms with van der Waals surface area (Å²) in [4.78, 5) is 28.2. The van der Waals surface area contributed by atoms with Crippen molar-refractivity contribution in [1.82, 2.24) is 0 Å². The zero-order valence-corrected chi connectivity index (χ0v) is 18.2. The van der Waals surface area contributed by atoms with E-state index in [0.29, 0.717) is 11.6 Å². The van der Waals surface area contributed by atoms with E-state index in [-0.39, 0.29) is 28.2 Å². The number of thiophene rings is 1. The number of carboxylic acids is 1. The minimum Gasteiger partial charge on any atom is -0.477 e. The number of hydrogen-bond acceptors (Lipinski definition) is 3. The molecule has 2 saturated carbocycles. The molecule has 1 N–H and O–H groups in total. The van der Waals surface area contributed by atoms with Crippen molar-refractivity contribution in [2.75, 3.05) is 4.90 Å². The molecular weight excluding hydrogens is 370 g/mol. The third-order valence-corrected chi connectivity index (χ3v) is 6.80. The van der Waals surface area contributed by atoms with E-state index in [4.69, 9.17) is 0 Å². The molecule has 3 rings (SSSR count). The fourth-order valence-corrected chi connectivity index (χ4v) is 4.71. The smallest absolute Gasteiger partial charge is 0.348 e. The maximum absolute atomic E-state index is 13.4. The Morgan fingerprint density at radius 3 is 2.29 bits per heavy atom. The Bertz CT molecular complexity index is 796. The number of carbonyl (C=O) groups excluding carboxylic acids is 1. The summed E-state index contributed by atoms with van der Waals surface area (Å²) in [6.45, 7) is 8.33. The van der Waals surface area contributed by atoms with Gasteiger partial charge in [0.15, 0.2) is 0 Å². The van der Waals surface area contributed by atoms with Crippen LogP contribution in [-0.4, -0.2) is 23.0 Å². The maximum atomic E-state index is 13.4. The van der Waals surface area contributed by atoms with E-state index in [1.807, 2.05) is 31.7 Å². The molecular formula is C23H31NO3S. The first kappa shape index (κ1) is 20.9. The zero-order chi connectivity index (χ0) is 20.5. The maximum Gasteiger partial charge on any atom is 0.348 e. The number of nitrogens with zero attached hydrogens (tertiary/aromatic N) is 1. The SMILES string of the molecule is CC(C)(C)C#Cc1cc(N(C(=O)[C@H]2CC[C@H](C)CC2)C2CCC2)c(C(=O)O)s1. The van der Waals surface area contributed by atoms with E-state index in [0.717, 1.165) is 49.8 Å². The molecule has 0 unspecified atom stereocenters. The van der Waals surface area contributed by atoms with Crippen molar-refractivity contribution in [3.63, 3.8) is 0 Å². The quantitative estimate of drug-likeness (QED) is 0.672. The summed E-state index contributed by atoms with van der Waals surface area (Å²) in [7, 11) is 0. The average Bonchev–Trinajstić information content (AvgIpc) is 3.00. The number of carbonyl (C=O) groups is 2. The van der Waals surface area contributed by atoms with Crippen LogP contribution in [0.25, 0.3) is 0 Å². The van der Waals surface area contributed by atoms with Gasteiger partial charge in [0.25, 0.3) is 0 Å². The largest absolute Gasteiger partial charge is 0.477 e. The summed E-state index contributed by atoms with van der Waals surface area (Å²) >= 11 is 1.19. The molecule has 0 aliphatic heterocycles. The van der Waals surface area contributed by atoms with Crippen molar-refractivity contribution in [3.8, 4) is 11.8 Å². The van der Waals surface area contributed by atoms with E-state index in [1.165, 1.54) is 11.3 Å². The highest BCUT2D eigenvalue weighted by atomic mass is 32.1. The van der Waals surface area contributed by atoms with Gasteiger partial charge in [0.1, 0.15) is 4.88 Å². The molecule has 1 aromatic heterocycles. The van der Waals surface area contributed by atoms with Gasteiger partial charge in [0.2, 0.25) is 5.91 Å². The number of hydrogen-bond donors (Lipinski definition) is 1. The van der Waals surface area contributed by atoms with Crippen LogP contribution in [0.3, 0.4) is 0 Å². The van der Waals surface area contributed by atoms with E-state index >= 15 is 0 Å².